The first-order chi connectivity index (χ1) is 13.3. The van der Waals surface area contributed by atoms with Gasteiger partial charge in [-0.3, -0.25) is 24.2 Å². The summed E-state index contributed by atoms with van der Waals surface area (Å²) in [5, 5.41) is 0.617. The molecule has 2 aromatic rings. The predicted molar refractivity (Wildman–Crippen MR) is 118 cm³/mol. The van der Waals surface area contributed by atoms with Crippen LogP contribution in [0.3, 0.4) is 0 Å². The van der Waals surface area contributed by atoms with Gasteiger partial charge in [-0.15, -0.1) is 12.4 Å². The van der Waals surface area contributed by atoms with Gasteiger partial charge in [-0.25, -0.2) is 4.98 Å². The lowest BCUT2D eigenvalue weighted by Crippen LogP contribution is -2.43. The fraction of sp³-hybridized carbons (Fsp3) is 0.500. The van der Waals surface area contributed by atoms with Crippen molar-refractivity contribution in [2.24, 2.45) is 0 Å². The van der Waals surface area contributed by atoms with Gasteiger partial charge >= 0.3 is 0 Å². The van der Waals surface area contributed by atoms with Crippen LogP contribution in [0.1, 0.15) is 30.4 Å². The number of carbonyl (C=O) groups is 3. The van der Waals surface area contributed by atoms with Gasteiger partial charge in [-0.2, -0.15) is 0 Å². The zero-order valence-corrected chi connectivity index (χ0v) is 18.9. The number of amides is 3. The number of halogens is 1. The van der Waals surface area contributed by atoms with Crippen molar-refractivity contribution < 1.29 is 14.4 Å². The van der Waals surface area contributed by atoms with Gasteiger partial charge in [0.1, 0.15) is 6.54 Å². The first-order valence-corrected chi connectivity index (χ1v) is 10.2. The van der Waals surface area contributed by atoms with Gasteiger partial charge in [-0.05, 0) is 58.1 Å². The number of imide groups is 1. The van der Waals surface area contributed by atoms with Crippen LogP contribution in [0.25, 0.3) is 10.2 Å². The van der Waals surface area contributed by atoms with Crippen molar-refractivity contribution in [3.63, 3.8) is 0 Å². The van der Waals surface area contributed by atoms with Crippen LogP contribution in [0.5, 0.6) is 0 Å². The molecular weight excluding hydrogens is 412 g/mol. The molecule has 29 heavy (non-hydrogen) atoms. The van der Waals surface area contributed by atoms with E-state index in [1.807, 2.05) is 34.0 Å². The third-order valence-corrected chi connectivity index (χ3v) is 6.01. The molecule has 7 nitrogen and oxygen atoms in total. The monoisotopic (exact) mass is 438 g/mol. The molecule has 1 aromatic carbocycles. The van der Waals surface area contributed by atoms with Crippen LogP contribution in [0.15, 0.2) is 12.1 Å². The average molecular weight is 439 g/mol. The second-order valence-electron chi connectivity index (χ2n) is 7.50. The Bertz CT molecular complexity index is 912. The summed E-state index contributed by atoms with van der Waals surface area (Å²) in [6.45, 7) is 5.17. The molecular formula is C20H27ClN4O3S. The summed E-state index contributed by atoms with van der Waals surface area (Å²) < 4.78 is 1.05. The zero-order chi connectivity index (χ0) is 20.4. The number of nitrogens with zero attached hydrogens (tertiary/aromatic N) is 4. The molecule has 0 aliphatic carbocycles. The summed E-state index contributed by atoms with van der Waals surface area (Å²) in [6, 6.07) is 4.11. The summed E-state index contributed by atoms with van der Waals surface area (Å²) in [7, 11) is 3.97. The molecule has 158 valence electrons. The van der Waals surface area contributed by atoms with Gasteiger partial charge < -0.3 is 4.90 Å². The van der Waals surface area contributed by atoms with Crippen LogP contribution >= 0.6 is 23.7 Å². The largest absolute Gasteiger partial charge is 0.309 e. The highest BCUT2D eigenvalue weighted by atomic mass is 35.5. The number of aryl methyl sites for hydroxylation is 2. The van der Waals surface area contributed by atoms with Gasteiger partial charge in [0, 0.05) is 19.4 Å². The number of benzene rings is 1. The molecule has 1 fully saturated rings. The van der Waals surface area contributed by atoms with Gasteiger partial charge in [0.15, 0.2) is 5.13 Å². The fourth-order valence-corrected chi connectivity index (χ4v) is 4.43. The second kappa shape index (κ2) is 9.65. The minimum atomic E-state index is -0.276. The highest BCUT2D eigenvalue weighted by Gasteiger charge is 2.32. The molecule has 1 saturated heterocycles. The number of carbonyl (C=O) groups excluding carboxylic acids is 3. The third kappa shape index (κ3) is 5.32. The fourth-order valence-electron chi connectivity index (χ4n) is 3.37. The molecule has 0 saturated carbocycles. The van der Waals surface area contributed by atoms with E-state index in [4.69, 9.17) is 0 Å². The lowest BCUT2D eigenvalue weighted by atomic mass is 10.1. The molecule has 3 rings (SSSR count). The topological polar surface area (TPSA) is 73.8 Å². The molecule has 3 amide bonds. The molecule has 0 bridgehead atoms. The Morgan fingerprint density at radius 1 is 1.14 bits per heavy atom. The predicted octanol–water partition coefficient (Wildman–Crippen LogP) is 2.77. The molecule has 0 atom stereocenters. The number of aromatic nitrogens is 1. The minimum Gasteiger partial charge on any atom is -0.309 e. The normalized spacial score (nSPS) is 14.0. The molecule has 0 spiro atoms. The molecule has 1 aromatic heterocycles. The molecule has 9 heteroatoms. The van der Waals surface area contributed by atoms with E-state index >= 15 is 0 Å². The Balaban J connectivity index is 0.00000300. The number of likely N-dealkylation sites (tertiary alicyclic amines) is 1. The minimum absolute atomic E-state index is 0. The number of anilines is 1. The smallest absolute Gasteiger partial charge is 0.248 e. The zero-order valence-electron chi connectivity index (χ0n) is 17.2. The number of fused-ring (bicyclic) bond motifs is 1. The maximum atomic E-state index is 13.0. The molecule has 0 N–H and O–H groups in total. The molecule has 1 aliphatic heterocycles. The van der Waals surface area contributed by atoms with Crippen LogP contribution in [-0.4, -0.2) is 66.2 Å². The first kappa shape index (κ1) is 23.3. The Kier molecular flexibility index (Phi) is 7.73. The number of rotatable bonds is 7. The highest BCUT2D eigenvalue weighted by Crippen LogP contribution is 2.32. The maximum Gasteiger partial charge on any atom is 0.248 e. The third-order valence-electron chi connectivity index (χ3n) is 4.78. The maximum absolute atomic E-state index is 13.0. The van der Waals surface area contributed by atoms with Crippen LogP contribution < -0.4 is 4.90 Å². The number of hydrogen-bond donors (Lipinski definition) is 0. The van der Waals surface area contributed by atoms with E-state index in [0.29, 0.717) is 11.7 Å². The van der Waals surface area contributed by atoms with E-state index in [9.17, 15) is 14.4 Å². The van der Waals surface area contributed by atoms with Crippen LogP contribution in [0, 0.1) is 13.8 Å². The lowest BCUT2D eigenvalue weighted by Gasteiger charge is -2.23. The van der Waals surface area contributed by atoms with Crippen molar-refractivity contribution in [2.45, 2.75) is 33.1 Å². The van der Waals surface area contributed by atoms with Gasteiger partial charge in [-0.1, -0.05) is 17.4 Å². The Morgan fingerprint density at radius 2 is 1.79 bits per heavy atom. The van der Waals surface area contributed by atoms with Crippen LogP contribution in [0.4, 0.5) is 5.13 Å². The van der Waals surface area contributed by atoms with Crippen molar-refractivity contribution in [3.05, 3.63) is 23.3 Å². The summed E-state index contributed by atoms with van der Waals surface area (Å²) in [5.74, 6) is -0.819. The Hall–Kier alpha value is -2.03. The number of hydrogen-bond acceptors (Lipinski definition) is 6. The summed E-state index contributed by atoms with van der Waals surface area (Å²) in [5.41, 5.74) is 3.13. The van der Waals surface area contributed by atoms with Gasteiger partial charge in [0.05, 0.1) is 10.2 Å². The van der Waals surface area contributed by atoms with Crippen molar-refractivity contribution in [1.82, 2.24) is 14.8 Å². The quantitative estimate of drug-likeness (QED) is 0.621. The summed E-state index contributed by atoms with van der Waals surface area (Å²) in [6.07, 6.45) is 1.15. The van der Waals surface area contributed by atoms with E-state index in [0.717, 1.165) is 39.2 Å². The SMILES string of the molecule is Cc1cc(C)c2sc(N(CCCN(C)C)C(=O)CN3C(=O)CCC3=O)nc2c1.Cl. The molecule has 0 unspecified atom stereocenters. The highest BCUT2D eigenvalue weighted by molar-refractivity contribution is 7.22. The summed E-state index contributed by atoms with van der Waals surface area (Å²) in [4.78, 5) is 46.3. The van der Waals surface area contributed by atoms with Gasteiger partial charge in [0.25, 0.3) is 0 Å². The van der Waals surface area contributed by atoms with E-state index < -0.39 is 0 Å². The van der Waals surface area contributed by atoms with Crippen molar-refractivity contribution in [1.29, 1.82) is 0 Å². The van der Waals surface area contributed by atoms with E-state index in [-0.39, 0.29) is 49.5 Å². The standard InChI is InChI=1S/C20H26N4O3S.ClH/c1-13-10-14(2)19-15(11-13)21-20(28-19)23(9-5-8-22(3)4)18(27)12-24-16(25)6-7-17(24)26;/h10-11H,5-9,12H2,1-4H3;1H. The second-order valence-corrected chi connectivity index (χ2v) is 8.48. The Morgan fingerprint density at radius 3 is 2.41 bits per heavy atom. The molecule has 0 radical (unpaired) electrons. The van der Waals surface area contributed by atoms with Crippen molar-refractivity contribution >= 4 is 56.8 Å². The summed E-state index contributed by atoms with van der Waals surface area (Å²) >= 11 is 1.48. The first-order valence-electron chi connectivity index (χ1n) is 9.42. The van der Waals surface area contributed by atoms with Crippen LogP contribution in [-0.2, 0) is 14.4 Å². The van der Waals surface area contributed by atoms with Crippen molar-refractivity contribution in [2.75, 3.05) is 38.6 Å². The molecule has 1 aliphatic rings. The van der Waals surface area contributed by atoms with Gasteiger partial charge in [0.2, 0.25) is 17.7 Å². The molecule has 2 heterocycles. The van der Waals surface area contributed by atoms with Crippen molar-refractivity contribution in [3.8, 4) is 0 Å². The average Bonchev–Trinajstić information content (AvgIpc) is 3.16. The van der Waals surface area contributed by atoms with E-state index in [1.165, 1.54) is 11.3 Å². The van der Waals surface area contributed by atoms with E-state index in [2.05, 4.69) is 16.0 Å². The Labute approximate surface area is 181 Å². The van der Waals surface area contributed by atoms with E-state index in [1.54, 1.807) is 4.90 Å². The number of thiazole rings is 1. The van der Waals surface area contributed by atoms with Crippen LogP contribution in [0.2, 0.25) is 0 Å². The lowest BCUT2D eigenvalue weighted by molar-refractivity contribution is -0.141.